The van der Waals surface area contributed by atoms with Gasteiger partial charge in [-0.3, -0.25) is 4.79 Å². The fourth-order valence-electron chi connectivity index (χ4n) is 1.91. The van der Waals surface area contributed by atoms with Gasteiger partial charge in [-0.05, 0) is 37.3 Å². The number of nitrogens with two attached hydrogens (primary N) is 1. The van der Waals surface area contributed by atoms with Crippen LogP contribution in [-0.4, -0.2) is 12.1 Å². The summed E-state index contributed by atoms with van der Waals surface area (Å²) in [7, 11) is 0. The van der Waals surface area contributed by atoms with Gasteiger partial charge in [-0.2, -0.15) is 0 Å². The van der Waals surface area contributed by atoms with Crippen LogP contribution in [0.15, 0.2) is 24.3 Å². The van der Waals surface area contributed by atoms with E-state index in [0.29, 0.717) is 5.92 Å². The van der Waals surface area contributed by atoms with Crippen molar-refractivity contribution < 1.29 is 4.79 Å². The molecule has 0 spiro atoms. The molecular weight excluding hydrogens is 224 g/mol. The molecule has 2 atom stereocenters. The van der Waals surface area contributed by atoms with Gasteiger partial charge in [0.1, 0.15) is 0 Å². The zero-order valence-electron chi connectivity index (χ0n) is 11.7. The highest BCUT2D eigenvalue weighted by Gasteiger charge is 2.15. The van der Waals surface area contributed by atoms with Crippen LogP contribution < -0.4 is 11.1 Å². The van der Waals surface area contributed by atoms with Gasteiger partial charge in [0.2, 0.25) is 5.91 Å². The SMILES string of the molecule is CC(C)Cc1ccc(C(C)C(=O)NC(C)N)cc1. The highest BCUT2D eigenvalue weighted by atomic mass is 16.2. The predicted octanol–water partition coefficient (Wildman–Crippen LogP) is 2.41. The van der Waals surface area contributed by atoms with Gasteiger partial charge in [-0.1, -0.05) is 38.1 Å². The maximum atomic E-state index is 11.8. The molecule has 3 nitrogen and oxygen atoms in total. The minimum atomic E-state index is -0.305. The van der Waals surface area contributed by atoms with Gasteiger partial charge in [-0.25, -0.2) is 0 Å². The van der Waals surface area contributed by atoms with Gasteiger partial charge in [0.05, 0.1) is 12.1 Å². The first kappa shape index (κ1) is 14.7. The van der Waals surface area contributed by atoms with E-state index in [9.17, 15) is 4.79 Å². The summed E-state index contributed by atoms with van der Waals surface area (Å²) >= 11 is 0. The molecule has 3 N–H and O–H groups in total. The maximum absolute atomic E-state index is 11.8. The Bertz CT molecular complexity index is 382. The van der Waals surface area contributed by atoms with Gasteiger partial charge in [0.25, 0.3) is 0 Å². The van der Waals surface area contributed by atoms with Crippen LogP contribution in [0.2, 0.25) is 0 Å². The molecule has 0 fully saturated rings. The summed E-state index contributed by atoms with van der Waals surface area (Å²) in [5.74, 6) is 0.459. The molecule has 1 aromatic rings. The highest BCUT2D eigenvalue weighted by Crippen LogP contribution is 2.17. The van der Waals surface area contributed by atoms with Crippen molar-refractivity contribution >= 4 is 5.91 Å². The van der Waals surface area contributed by atoms with Gasteiger partial charge in [0.15, 0.2) is 0 Å². The van der Waals surface area contributed by atoms with Crippen molar-refractivity contribution in [2.75, 3.05) is 0 Å². The number of hydrogen-bond acceptors (Lipinski definition) is 2. The van der Waals surface area contributed by atoms with Crippen LogP contribution >= 0.6 is 0 Å². The van der Waals surface area contributed by atoms with Crippen molar-refractivity contribution in [1.82, 2.24) is 5.32 Å². The van der Waals surface area contributed by atoms with E-state index in [0.717, 1.165) is 12.0 Å². The van der Waals surface area contributed by atoms with Crippen molar-refractivity contribution in [3.05, 3.63) is 35.4 Å². The van der Waals surface area contributed by atoms with Crippen LogP contribution in [0.1, 0.15) is 44.7 Å². The molecule has 1 aromatic carbocycles. The van der Waals surface area contributed by atoms with E-state index >= 15 is 0 Å². The first-order valence-electron chi connectivity index (χ1n) is 6.55. The molecular formula is C15H24N2O. The lowest BCUT2D eigenvalue weighted by molar-refractivity contribution is -0.122. The summed E-state index contributed by atoms with van der Waals surface area (Å²) in [5, 5.41) is 2.73. The lowest BCUT2D eigenvalue weighted by Gasteiger charge is -2.15. The molecule has 0 bridgehead atoms. The van der Waals surface area contributed by atoms with Crippen molar-refractivity contribution in [3.63, 3.8) is 0 Å². The first-order chi connectivity index (χ1) is 8.40. The Hall–Kier alpha value is -1.35. The van der Waals surface area contributed by atoms with Crippen molar-refractivity contribution in [2.24, 2.45) is 11.7 Å². The normalized spacial score (nSPS) is 14.3. The molecule has 0 aliphatic rings. The predicted molar refractivity (Wildman–Crippen MR) is 75.2 cm³/mol. The number of nitrogens with one attached hydrogen (secondary N) is 1. The number of hydrogen-bond donors (Lipinski definition) is 2. The maximum Gasteiger partial charge on any atom is 0.228 e. The summed E-state index contributed by atoms with van der Waals surface area (Å²) < 4.78 is 0. The Balaban J connectivity index is 2.69. The minimum absolute atomic E-state index is 0.0263. The fourth-order valence-corrected chi connectivity index (χ4v) is 1.91. The second kappa shape index (κ2) is 6.55. The Morgan fingerprint density at radius 2 is 1.72 bits per heavy atom. The molecule has 0 radical (unpaired) electrons. The average Bonchev–Trinajstić information content (AvgIpc) is 2.27. The molecule has 18 heavy (non-hydrogen) atoms. The number of carbonyl (C=O) groups excluding carboxylic acids is 1. The minimum Gasteiger partial charge on any atom is -0.341 e. The third-order valence-electron chi connectivity index (χ3n) is 2.89. The molecule has 0 saturated carbocycles. The molecule has 3 heteroatoms. The molecule has 0 heterocycles. The van der Waals surface area contributed by atoms with Crippen molar-refractivity contribution in [3.8, 4) is 0 Å². The van der Waals surface area contributed by atoms with Crippen LogP contribution in [0.3, 0.4) is 0 Å². The zero-order valence-corrected chi connectivity index (χ0v) is 11.7. The Labute approximate surface area is 110 Å². The summed E-state index contributed by atoms with van der Waals surface area (Å²) in [6, 6.07) is 8.27. The summed E-state index contributed by atoms with van der Waals surface area (Å²) in [5.41, 5.74) is 7.90. The molecule has 1 rings (SSSR count). The van der Waals surface area contributed by atoms with Crippen molar-refractivity contribution in [2.45, 2.75) is 46.2 Å². The molecule has 100 valence electrons. The summed E-state index contributed by atoms with van der Waals surface area (Å²) in [6.45, 7) is 8.06. The Morgan fingerprint density at radius 1 is 1.17 bits per heavy atom. The molecule has 1 amide bonds. The third kappa shape index (κ3) is 4.49. The number of carbonyl (C=O) groups is 1. The van der Waals surface area contributed by atoms with Crippen LogP contribution in [-0.2, 0) is 11.2 Å². The second-order valence-electron chi connectivity index (χ2n) is 5.36. The number of benzene rings is 1. The van der Waals surface area contributed by atoms with E-state index in [-0.39, 0.29) is 18.0 Å². The fraction of sp³-hybridized carbons (Fsp3) is 0.533. The van der Waals surface area contributed by atoms with Crippen LogP contribution in [0.5, 0.6) is 0 Å². The zero-order chi connectivity index (χ0) is 13.7. The van der Waals surface area contributed by atoms with E-state index in [4.69, 9.17) is 5.73 Å². The molecule has 0 aliphatic heterocycles. The molecule has 0 saturated heterocycles. The number of amides is 1. The smallest absolute Gasteiger partial charge is 0.228 e. The average molecular weight is 248 g/mol. The second-order valence-corrected chi connectivity index (χ2v) is 5.36. The third-order valence-corrected chi connectivity index (χ3v) is 2.89. The van der Waals surface area contributed by atoms with Crippen molar-refractivity contribution in [1.29, 1.82) is 0 Å². The molecule has 0 aliphatic carbocycles. The lowest BCUT2D eigenvalue weighted by atomic mass is 9.96. The first-order valence-corrected chi connectivity index (χ1v) is 6.55. The van der Waals surface area contributed by atoms with Gasteiger partial charge in [-0.15, -0.1) is 0 Å². The van der Waals surface area contributed by atoms with Gasteiger partial charge in [0, 0.05) is 0 Å². The quantitative estimate of drug-likeness (QED) is 0.786. The molecule has 2 unspecified atom stereocenters. The Kier molecular flexibility index (Phi) is 5.35. The van der Waals surface area contributed by atoms with E-state index in [1.165, 1.54) is 5.56 Å². The summed E-state index contributed by atoms with van der Waals surface area (Å²) in [4.78, 5) is 11.8. The van der Waals surface area contributed by atoms with Crippen LogP contribution in [0.4, 0.5) is 0 Å². The largest absolute Gasteiger partial charge is 0.341 e. The monoisotopic (exact) mass is 248 g/mol. The van der Waals surface area contributed by atoms with Crippen LogP contribution in [0, 0.1) is 5.92 Å². The van der Waals surface area contributed by atoms with E-state index in [1.807, 2.05) is 19.1 Å². The number of rotatable bonds is 5. The van der Waals surface area contributed by atoms with E-state index in [1.54, 1.807) is 6.92 Å². The molecule has 0 aromatic heterocycles. The van der Waals surface area contributed by atoms with Gasteiger partial charge >= 0.3 is 0 Å². The standard InChI is InChI=1S/C15H24N2O/c1-10(2)9-13-5-7-14(8-6-13)11(3)15(18)17-12(4)16/h5-8,10-12H,9,16H2,1-4H3,(H,17,18). The van der Waals surface area contributed by atoms with Gasteiger partial charge < -0.3 is 11.1 Å². The van der Waals surface area contributed by atoms with Crippen LogP contribution in [0.25, 0.3) is 0 Å². The highest BCUT2D eigenvalue weighted by molar-refractivity contribution is 5.83. The lowest BCUT2D eigenvalue weighted by Crippen LogP contribution is -2.40. The Morgan fingerprint density at radius 3 is 2.17 bits per heavy atom. The summed E-state index contributed by atoms with van der Waals surface area (Å²) in [6.07, 6.45) is 0.765. The van der Waals surface area contributed by atoms with E-state index < -0.39 is 0 Å². The topological polar surface area (TPSA) is 55.1 Å². The van der Waals surface area contributed by atoms with E-state index in [2.05, 4.69) is 31.3 Å².